The van der Waals surface area contributed by atoms with Crippen LogP contribution in [0.25, 0.3) is 22.1 Å². The molecule has 0 spiro atoms. The standard InChI is InChI=1S/C20H23N3O/c1-5-22-11-12-23(14(22)4)18-8-6-7-15-16-9-10-17(13(2)3)21-20(16)24-19(15)18/h6-14H,5H2,1-4H3/t14-/m0/s1. The first-order chi connectivity index (χ1) is 11.6. The van der Waals surface area contributed by atoms with Crippen LogP contribution in [0.2, 0.25) is 0 Å². The van der Waals surface area contributed by atoms with Gasteiger partial charge in [-0.1, -0.05) is 26.0 Å². The Kier molecular flexibility index (Phi) is 3.48. The average molecular weight is 321 g/mol. The fourth-order valence-electron chi connectivity index (χ4n) is 3.42. The predicted octanol–water partition coefficient (Wildman–Crippen LogP) is 5.06. The van der Waals surface area contributed by atoms with E-state index in [4.69, 9.17) is 9.40 Å². The fraction of sp³-hybridized carbons (Fsp3) is 0.350. The summed E-state index contributed by atoms with van der Waals surface area (Å²) >= 11 is 0. The van der Waals surface area contributed by atoms with E-state index in [2.05, 4.69) is 80.2 Å². The van der Waals surface area contributed by atoms with Gasteiger partial charge in [0.25, 0.3) is 0 Å². The molecule has 1 aliphatic heterocycles. The minimum atomic E-state index is 0.285. The summed E-state index contributed by atoms with van der Waals surface area (Å²) in [7, 11) is 0. The number of benzene rings is 1. The third-order valence-corrected chi connectivity index (χ3v) is 4.90. The van der Waals surface area contributed by atoms with Crippen molar-refractivity contribution < 1.29 is 4.42 Å². The molecule has 3 aromatic rings. The molecule has 0 saturated carbocycles. The van der Waals surface area contributed by atoms with Gasteiger partial charge in [-0.3, -0.25) is 0 Å². The van der Waals surface area contributed by atoms with Gasteiger partial charge in [0.2, 0.25) is 5.71 Å². The molecule has 4 rings (SSSR count). The lowest BCUT2D eigenvalue weighted by Crippen LogP contribution is -2.35. The SMILES string of the molecule is CCN1C=CN(c2cccc3c2oc2nc(C(C)C)ccc23)[C@H]1C. The van der Waals surface area contributed by atoms with Crippen molar-refractivity contribution in [1.29, 1.82) is 0 Å². The van der Waals surface area contributed by atoms with Gasteiger partial charge < -0.3 is 14.2 Å². The van der Waals surface area contributed by atoms with Gasteiger partial charge in [0.15, 0.2) is 5.58 Å². The lowest BCUT2D eigenvalue weighted by molar-refractivity contribution is 0.335. The Hall–Kier alpha value is -2.49. The highest BCUT2D eigenvalue weighted by molar-refractivity contribution is 6.08. The molecular weight excluding hydrogens is 298 g/mol. The minimum Gasteiger partial charge on any atom is -0.435 e. The van der Waals surface area contributed by atoms with Crippen molar-refractivity contribution in [3.8, 4) is 0 Å². The van der Waals surface area contributed by atoms with E-state index in [0.29, 0.717) is 5.92 Å². The van der Waals surface area contributed by atoms with Crippen LogP contribution in [0.3, 0.4) is 0 Å². The molecule has 24 heavy (non-hydrogen) atoms. The molecule has 0 saturated heterocycles. The van der Waals surface area contributed by atoms with Crippen molar-refractivity contribution in [1.82, 2.24) is 9.88 Å². The summed E-state index contributed by atoms with van der Waals surface area (Å²) < 4.78 is 6.20. The molecule has 2 aromatic heterocycles. The van der Waals surface area contributed by atoms with Gasteiger partial charge in [0.05, 0.1) is 5.69 Å². The van der Waals surface area contributed by atoms with E-state index in [1.165, 1.54) is 0 Å². The topological polar surface area (TPSA) is 32.5 Å². The van der Waals surface area contributed by atoms with Crippen LogP contribution >= 0.6 is 0 Å². The van der Waals surface area contributed by atoms with E-state index in [-0.39, 0.29) is 6.17 Å². The molecule has 1 atom stereocenters. The molecule has 0 radical (unpaired) electrons. The highest BCUT2D eigenvalue weighted by atomic mass is 16.3. The summed E-state index contributed by atoms with van der Waals surface area (Å²) in [6.45, 7) is 9.67. The Morgan fingerprint density at radius 2 is 1.96 bits per heavy atom. The van der Waals surface area contributed by atoms with Gasteiger partial charge in [0, 0.05) is 35.4 Å². The van der Waals surface area contributed by atoms with Crippen LogP contribution in [-0.2, 0) is 0 Å². The number of anilines is 1. The molecule has 1 aliphatic rings. The number of nitrogens with zero attached hydrogens (tertiary/aromatic N) is 3. The lowest BCUT2D eigenvalue weighted by Gasteiger charge is -2.28. The van der Waals surface area contributed by atoms with Crippen molar-refractivity contribution in [2.24, 2.45) is 0 Å². The second-order valence-corrected chi connectivity index (χ2v) is 6.67. The van der Waals surface area contributed by atoms with E-state index < -0.39 is 0 Å². The van der Waals surface area contributed by atoms with E-state index in [9.17, 15) is 0 Å². The molecule has 124 valence electrons. The minimum absolute atomic E-state index is 0.285. The van der Waals surface area contributed by atoms with Crippen LogP contribution in [-0.4, -0.2) is 22.6 Å². The maximum Gasteiger partial charge on any atom is 0.227 e. The Bertz CT molecular complexity index is 925. The lowest BCUT2D eigenvalue weighted by atomic mass is 10.1. The summed E-state index contributed by atoms with van der Waals surface area (Å²) in [4.78, 5) is 9.28. The van der Waals surface area contributed by atoms with E-state index in [1.54, 1.807) is 0 Å². The zero-order chi connectivity index (χ0) is 16.8. The van der Waals surface area contributed by atoms with Gasteiger partial charge in [0.1, 0.15) is 6.17 Å². The van der Waals surface area contributed by atoms with E-state index in [0.717, 1.165) is 40.0 Å². The van der Waals surface area contributed by atoms with Crippen molar-refractivity contribution in [2.45, 2.75) is 39.8 Å². The van der Waals surface area contributed by atoms with E-state index in [1.807, 2.05) is 0 Å². The van der Waals surface area contributed by atoms with Gasteiger partial charge in [-0.15, -0.1) is 0 Å². The first-order valence-electron chi connectivity index (χ1n) is 8.64. The third kappa shape index (κ3) is 2.17. The Morgan fingerprint density at radius 3 is 2.67 bits per heavy atom. The van der Waals surface area contributed by atoms with Crippen LogP contribution in [0.5, 0.6) is 0 Å². The Morgan fingerprint density at radius 1 is 1.12 bits per heavy atom. The summed E-state index contributed by atoms with van der Waals surface area (Å²) in [5.41, 5.74) is 3.80. The van der Waals surface area contributed by atoms with E-state index >= 15 is 0 Å². The largest absolute Gasteiger partial charge is 0.435 e. The molecule has 3 heterocycles. The quantitative estimate of drug-likeness (QED) is 0.674. The molecule has 0 aliphatic carbocycles. The van der Waals surface area contributed by atoms with Crippen LogP contribution in [0.15, 0.2) is 47.1 Å². The number of fused-ring (bicyclic) bond motifs is 3. The number of rotatable bonds is 3. The monoisotopic (exact) mass is 321 g/mol. The second kappa shape index (κ2) is 5.55. The van der Waals surface area contributed by atoms with Crippen LogP contribution in [0, 0.1) is 0 Å². The normalized spacial score (nSPS) is 17.8. The summed E-state index contributed by atoms with van der Waals surface area (Å²) in [6.07, 6.45) is 4.55. The van der Waals surface area contributed by atoms with Gasteiger partial charge in [-0.2, -0.15) is 0 Å². The molecule has 0 N–H and O–H groups in total. The smallest absolute Gasteiger partial charge is 0.227 e. The maximum absolute atomic E-state index is 6.20. The number of hydrogen-bond donors (Lipinski definition) is 0. The molecule has 0 amide bonds. The molecule has 0 unspecified atom stereocenters. The fourth-order valence-corrected chi connectivity index (χ4v) is 3.42. The number of pyridine rings is 1. The highest BCUT2D eigenvalue weighted by Gasteiger charge is 2.25. The molecule has 4 heteroatoms. The number of furan rings is 1. The summed E-state index contributed by atoms with van der Waals surface area (Å²) in [6, 6.07) is 10.6. The van der Waals surface area contributed by atoms with Gasteiger partial charge in [-0.05, 0) is 38.0 Å². The number of para-hydroxylation sites is 1. The highest BCUT2D eigenvalue weighted by Crippen LogP contribution is 2.37. The molecular formula is C20H23N3O. The number of hydrogen-bond acceptors (Lipinski definition) is 4. The number of aromatic nitrogens is 1. The third-order valence-electron chi connectivity index (χ3n) is 4.90. The van der Waals surface area contributed by atoms with Crippen molar-refractivity contribution >= 4 is 27.8 Å². The molecule has 0 bridgehead atoms. The average Bonchev–Trinajstić information content (AvgIpc) is 3.14. The summed E-state index contributed by atoms with van der Waals surface area (Å²) in [5, 5.41) is 2.21. The predicted molar refractivity (Wildman–Crippen MR) is 99.1 cm³/mol. The molecule has 0 fully saturated rings. The first kappa shape index (κ1) is 15.1. The molecule has 4 nitrogen and oxygen atoms in total. The summed E-state index contributed by atoms with van der Waals surface area (Å²) in [5.74, 6) is 0.390. The maximum atomic E-state index is 6.20. The zero-order valence-electron chi connectivity index (χ0n) is 14.7. The Labute approximate surface area is 142 Å². The zero-order valence-corrected chi connectivity index (χ0v) is 14.7. The first-order valence-corrected chi connectivity index (χ1v) is 8.64. The van der Waals surface area contributed by atoms with Crippen molar-refractivity contribution in [3.05, 3.63) is 48.4 Å². The van der Waals surface area contributed by atoms with Crippen LogP contribution in [0.1, 0.15) is 39.3 Å². The van der Waals surface area contributed by atoms with Crippen LogP contribution in [0.4, 0.5) is 5.69 Å². The Balaban J connectivity index is 1.88. The second-order valence-electron chi connectivity index (χ2n) is 6.67. The molecule has 1 aromatic carbocycles. The van der Waals surface area contributed by atoms with Crippen molar-refractivity contribution in [2.75, 3.05) is 11.4 Å². The van der Waals surface area contributed by atoms with Crippen molar-refractivity contribution in [3.63, 3.8) is 0 Å². The van der Waals surface area contributed by atoms with Gasteiger partial charge >= 0.3 is 0 Å². The van der Waals surface area contributed by atoms with Gasteiger partial charge in [-0.25, -0.2) is 4.98 Å². The van der Waals surface area contributed by atoms with Crippen LogP contribution < -0.4 is 4.90 Å².